The first kappa shape index (κ1) is 29.9. The van der Waals surface area contributed by atoms with Crippen molar-refractivity contribution in [1.82, 2.24) is 19.5 Å². The van der Waals surface area contributed by atoms with Crippen LogP contribution in [0.2, 0.25) is 0 Å². The quantitative estimate of drug-likeness (QED) is 0.120. The van der Waals surface area contributed by atoms with Gasteiger partial charge in [-0.15, -0.1) is 0 Å². The van der Waals surface area contributed by atoms with Crippen LogP contribution < -0.4 is 31.9 Å². The maximum atomic E-state index is 10.7. The van der Waals surface area contributed by atoms with Gasteiger partial charge in [0.15, 0.2) is 5.49 Å². The molecule has 2 aromatic carbocycles. The molecule has 0 aliphatic heterocycles. The van der Waals surface area contributed by atoms with E-state index in [4.69, 9.17) is 26.2 Å². The fourth-order valence-corrected chi connectivity index (χ4v) is 4.35. The van der Waals surface area contributed by atoms with Gasteiger partial charge in [-0.25, -0.2) is 19.8 Å². The fraction of sp³-hybridized carbons (Fsp3) is 0.250. The van der Waals surface area contributed by atoms with Gasteiger partial charge in [-0.3, -0.25) is 4.68 Å². The number of ether oxygens (including phenoxy) is 2. The van der Waals surface area contributed by atoms with E-state index >= 15 is 0 Å². The molecular formula is C32H34N8O4. The van der Waals surface area contributed by atoms with Crippen LogP contribution in [0.4, 0.5) is 17.2 Å². The number of hydrogen-bond acceptors (Lipinski definition) is 10. The second kappa shape index (κ2) is 13.2. The van der Waals surface area contributed by atoms with E-state index in [1.165, 1.54) is 17.2 Å². The van der Waals surface area contributed by atoms with E-state index in [0.29, 0.717) is 46.6 Å². The Morgan fingerprint density at radius 3 is 2.75 bits per heavy atom. The number of hydrogen-bond donors (Lipinski definition) is 4. The Labute approximate surface area is 254 Å². The summed E-state index contributed by atoms with van der Waals surface area (Å²) in [5.74, 6) is 12.3. The lowest BCUT2D eigenvalue weighted by molar-refractivity contribution is -0.130. The SMILES string of the molecule is C/C(C#CC(=O)O)=C/N=c1cc(Oc2ccc(Nc3ncnc4cc(OCCN(C)C)c(N)cc34)cc2C2CC2)ccn1N. The first-order valence-corrected chi connectivity index (χ1v) is 14.0. The molecule has 6 N–H and O–H groups in total. The van der Waals surface area contributed by atoms with Crippen molar-refractivity contribution in [2.24, 2.45) is 4.99 Å². The number of nitrogens with one attached hydrogen (secondary N) is 1. The number of benzene rings is 2. The van der Waals surface area contributed by atoms with E-state index in [-0.39, 0.29) is 0 Å². The van der Waals surface area contributed by atoms with Gasteiger partial charge in [0.1, 0.15) is 36.0 Å². The molecule has 5 rings (SSSR count). The largest absolute Gasteiger partial charge is 0.490 e. The van der Waals surface area contributed by atoms with Crippen LogP contribution in [0.1, 0.15) is 31.2 Å². The summed E-state index contributed by atoms with van der Waals surface area (Å²) in [4.78, 5) is 26.0. The number of carbonyl (C=O) groups is 1. The van der Waals surface area contributed by atoms with Crippen LogP contribution in [0, 0.1) is 11.8 Å². The number of aliphatic carboxylic acids is 1. The van der Waals surface area contributed by atoms with Gasteiger partial charge in [-0.05, 0) is 75.7 Å². The average Bonchev–Trinajstić information content (AvgIpc) is 3.83. The highest BCUT2D eigenvalue weighted by atomic mass is 16.5. The summed E-state index contributed by atoms with van der Waals surface area (Å²) < 4.78 is 13.5. The minimum atomic E-state index is -1.21. The lowest BCUT2D eigenvalue weighted by Crippen LogP contribution is -2.26. The molecule has 0 atom stereocenters. The molecule has 2 aromatic heterocycles. The molecule has 0 saturated heterocycles. The predicted octanol–water partition coefficient (Wildman–Crippen LogP) is 3.97. The lowest BCUT2D eigenvalue weighted by Gasteiger charge is -2.16. The number of carboxylic acid groups (broad SMARTS) is 1. The molecule has 12 heteroatoms. The second-order valence-electron chi connectivity index (χ2n) is 10.7. The zero-order valence-corrected chi connectivity index (χ0v) is 24.7. The monoisotopic (exact) mass is 594 g/mol. The molecule has 4 aromatic rings. The summed E-state index contributed by atoms with van der Waals surface area (Å²) >= 11 is 0. The van der Waals surface area contributed by atoms with Gasteiger partial charge in [0.05, 0.1) is 11.2 Å². The lowest BCUT2D eigenvalue weighted by atomic mass is 10.1. The average molecular weight is 595 g/mol. The predicted molar refractivity (Wildman–Crippen MR) is 169 cm³/mol. The molecule has 0 amide bonds. The molecule has 226 valence electrons. The number of fused-ring (bicyclic) bond motifs is 1. The minimum Gasteiger partial charge on any atom is -0.490 e. The molecule has 0 spiro atoms. The Hall–Kier alpha value is -5.54. The zero-order valence-electron chi connectivity index (χ0n) is 24.7. The number of nitrogens with zero attached hydrogens (tertiary/aromatic N) is 5. The Kier molecular flexibility index (Phi) is 8.97. The molecule has 12 nitrogen and oxygen atoms in total. The fourth-order valence-electron chi connectivity index (χ4n) is 4.35. The van der Waals surface area contributed by atoms with E-state index in [1.54, 1.807) is 25.3 Å². The number of likely N-dealkylation sites (N-methyl/N-ethyl adjacent to an activating group) is 1. The molecule has 1 aliphatic carbocycles. The third-order valence-electron chi connectivity index (χ3n) is 6.77. The molecule has 0 unspecified atom stereocenters. The van der Waals surface area contributed by atoms with Crippen LogP contribution in [0.15, 0.2) is 71.8 Å². The second-order valence-corrected chi connectivity index (χ2v) is 10.7. The number of nitrogens with two attached hydrogens (primary N) is 2. The Balaban J connectivity index is 1.38. The van der Waals surface area contributed by atoms with Gasteiger partial charge in [-0.1, -0.05) is 5.92 Å². The number of rotatable bonds is 10. The Morgan fingerprint density at radius 1 is 1.18 bits per heavy atom. The van der Waals surface area contributed by atoms with Crippen molar-refractivity contribution >= 4 is 34.1 Å². The summed E-state index contributed by atoms with van der Waals surface area (Å²) in [5, 5.41) is 12.9. The first-order chi connectivity index (χ1) is 21.2. The third kappa shape index (κ3) is 7.64. The number of nitrogen functional groups attached to an aromatic ring is 2. The van der Waals surface area contributed by atoms with Crippen molar-refractivity contribution in [3.63, 3.8) is 0 Å². The highest BCUT2D eigenvalue weighted by molar-refractivity contribution is 5.94. The van der Waals surface area contributed by atoms with Crippen LogP contribution in [0.3, 0.4) is 0 Å². The molecular weight excluding hydrogens is 560 g/mol. The number of pyridine rings is 1. The van der Waals surface area contributed by atoms with Gasteiger partial charge in [-0.2, -0.15) is 0 Å². The van der Waals surface area contributed by atoms with Crippen molar-refractivity contribution in [1.29, 1.82) is 0 Å². The highest BCUT2D eigenvalue weighted by Gasteiger charge is 2.27. The van der Waals surface area contributed by atoms with Crippen LogP contribution in [0.5, 0.6) is 17.2 Å². The van der Waals surface area contributed by atoms with Crippen LogP contribution >= 0.6 is 0 Å². The van der Waals surface area contributed by atoms with Gasteiger partial charge < -0.3 is 36.4 Å². The number of anilines is 3. The molecule has 44 heavy (non-hydrogen) atoms. The van der Waals surface area contributed by atoms with Crippen LogP contribution in [0.25, 0.3) is 10.9 Å². The summed E-state index contributed by atoms with van der Waals surface area (Å²) in [5.41, 5.74) is 10.4. The molecule has 1 fully saturated rings. The van der Waals surface area contributed by atoms with Gasteiger partial charge >= 0.3 is 5.97 Å². The van der Waals surface area contributed by atoms with Crippen LogP contribution in [-0.2, 0) is 4.79 Å². The summed E-state index contributed by atoms with van der Waals surface area (Å²) in [6, 6.07) is 13.1. The van der Waals surface area contributed by atoms with E-state index in [0.717, 1.165) is 47.3 Å². The first-order valence-electron chi connectivity index (χ1n) is 14.0. The van der Waals surface area contributed by atoms with Crippen molar-refractivity contribution in [2.45, 2.75) is 25.7 Å². The summed E-state index contributed by atoms with van der Waals surface area (Å²) in [6.45, 7) is 2.95. The standard InChI is InChI=1S/C32H34N8O4/c1-20(4-9-31(41)42)18-35-30-15-23(10-11-40(30)34)44-28-8-7-22(14-24(28)21-5-6-21)38-32-25-16-26(33)29(43-13-12-39(2)3)17-27(25)36-19-37-32/h7-8,10-11,14-19,21H,5-6,12-13,33-34H2,1-3H3,(H,41,42)(H,36,37,38)/b20-18-,35-30?. The van der Waals surface area contributed by atoms with Crippen molar-refractivity contribution < 1.29 is 19.4 Å². The van der Waals surface area contributed by atoms with Crippen molar-refractivity contribution in [3.05, 3.63) is 77.8 Å². The third-order valence-corrected chi connectivity index (χ3v) is 6.77. The van der Waals surface area contributed by atoms with Gasteiger partial charge in [0, 0.05) is 53.6 Å². The van der Waals surface area contributed by atoms with Crippen molar-refractivity contribution in [3.8, 4) is 29.1 Å². The van der Waals surface area contributed by atoms with Crippen molar-refractivity contribution in [2.75, 3.05) is 44.1 Å². The Morgan fingerprint density at radius 2 is 2.00 bits per heavy atom. The van der Waals surface area contributed by atoms with E-state index in [9.17, 15) is 4.79 Å². The topological polar surface area (TPSA) is 166 Å². The molecule has 2 heterocycles. The summed E-state index contributed by atoms with van der Waals surface area (Å²) in [6.07, 6.45) is 6.75. The molecule has 0 radical (unpaired) electrons. The maximum Gasteiger partial charge on any atom is 0.382 e. The van der Waals surface area contributed by atoms with Gasteiger partial charge in [0.25, 0.3) is 0 Å². The minimum absolute atomic E-state index is 0.386. The van der Waals surface area contributed by atoms with E-state index in [2.05, 4.69) is 38.2 Å². The molecule has 1 aliphatic rings. The Bertz CT molecular complexity index is 1870. The van der Waals surface area contributed by atoms with Crippen LogP contribution in [-0.4, -0.2) is 57.9 Å². The highest BCUT2D eigenvalue weighted by Crippen LogP contribution is 2.46. The molecule has 0 bridgehead atoms. The van der Waals surface area contributed by atoms with E-state index in [1.807, 2.05) is 43.3 Å². The zero-order chi connectivity index (χ0) is 31.2. The smallest absolute Gasteiger partial charge is 0.382 e. The van der Waals surface area contributed by atoms with Gasteiger partial charge in [0.2, 0.25) is 0 Å². The normalized spacial score (nSPS) is 13.5. The summed E-state index contributed by atoms with van der Waals surface area (Å²) in [7, 11) is 3.97. The number of allylic oxidation sites excluding steroid dienone is 1. The van der Waals surface area contributed by atoms with E-state index < -0.39 is 5.97 Å². The number of carboxylic acids is 1. The number of aromatic nitrogens is 3. The maximum absolute atomic E-state index is 10.7. The molecule has 1 saturated carbocycles.